The molecule has 0 unspecified atom stereocenters. The van der Waals surface area contributed by atoms with E-state index in [-0.39, 0.29) is 23.2 Å². The Morgan fingerprint density at radius 1 is 1.35 bits per heavy atom. The fourth-order valence-corrected chi connectivity index (χ4v) is 2.50. The molecule has 0 spiro atoms. The molecule has 1 amide bonds. The molecule has 1 heterocycles. The van der Waals surface area contributed by atoms with Gasteiger partial charge in [-0.25, -0.2) is 4.79 Å². The Bertz CT molecular complexity index is 522. The van der Waals surface area contributed by atoms with Gasteiger partial charge in [-0.3, -0.25) is 4.79 Å². The molecule has 0 atom stereocenters. The van der Waals surface area contributed by atoms with Gasteiger partial charge in [0, 0.05) is 37.4 Å². The van der Waals surface area contributed by atoms with Gasteiger partial charge in [-0.2, -0.15) is 0 Å². The molecular formula is C14H19N3O3. The van der Waals surface area contributed by atoms with Gasteiger partial charge in [-0.15, -0.1) is 0 Å². The number of nitrogens with two attached hydrogens (primary N) is 1. The summed E-state index contributed by atoms with van der Waals surface area (Å²) in [5, 5.41) is 12.0. The van der Waals surface area contributed by atoms with Crippen LogP contribution in [0.5, 0.6) is 0 Å². The summed E-state index contributed by atoms with van der Waals surface area (Å²) in [6, 6.07) is 5.27. The second kappa shape index (κ2) is 5.81. The number of amides is 1. The molecule has 1 saturated heterocycles. The number of benzene rings is 1. The van der Waals surface area contributed by atoms with E-state index >= 15 is 0 Å². The highest BCUT2D eigenvalue weighted by atomic mass is 16.4. The fourth-order valence-electron chi connectivity index (χ4n) is 2.50. The van der Waals surface area contributed by atoms with Crippen molar-refractivity contribution in [1.29, 1.82) is 0 Å². The Hall–Kier alpha value is -2.24. The molecule has 0 bridgehead atoms. The summed E-state index contributed by atoms with van der Waals surface area (Å²) in [6.45, 7) is 3.09. The zero-order valence-electron chi connectivity index (χ0n) is 11.4. The lowest BCUT2D eigenvalue weighted by atomic mass is 10.0. The van der Waals surface area contributed by atoms with Crippen LogP contribution in [0, 0.1) is 0 Å². The summed E-state index contributed by atoms with van der Waals surface area (Å²) in [4.78, 5) is 24.2. The molecule has 6 nitrogen and oxygen atoms in total. The number of carboxylic acid groups (broad SMARTS) is 1. The monoisotopic (exact) mass is 277 g/mol. The minimum absolute atomic E-state index is 0.0101. The number of aromatic carboxylic acids is 1. The average molecular weight is 277 g/mol. The van der Waals surface area contributed by atoms with Crippen molar-refractivity contribution in [3.8, 4) is 0 Å². The molecule has 1 fully saturated rings. The Morgan fingerprint density at radius 2 is 2.00 bits per heavy atom. The topological polar surface area (TPSA) is 95.7 Å². The van der Waals surface area contributed by atoms with Crippen LogP contribution in [0.1, 0.15) is 30.1 Å². The lowest BCUT2D eigenvalue weighted by molar-refractivity contribution is -0.119. The average Bonchev–Trinajstić information content (AvgIpc) is 2.39. The molecule has 6 heteroatoms. The molecule has 0 saturated carbocycles. The van der Waals surface area contributed by atoms with Crippen LogP contribution in [0.4, 0.5) is 11.4 Å². The number of carbonyl (C=O) groups is 2. The molecule has 1 aliphatic heterocycles. The Balaban J connectivity index is 2.05. The number of nitrogens with one attached hydrogen (secondary N) is 1. The van der Waals surface area contributed by atoms with Crippen molar-refractivity contribution in [3.63, 3.8) is 0 Å². The normalized spacial score (nSPS) is 15.9. The smallest absolute Gasteiger partial charge is 0.337 e. The van der Waals surface area contributed by atoms with E-state index in [4.69, 9.17) is 10.8 Å². The molecule has 4 N–H and O–H groups in total. The van der Waals surface area contributed by atoms with E-state index in [1.54, 1.807) is 12.1 Å². The summed E-state index contributed by atoms with van der Waals surface area (Å²) >= 11 is 0. The van der Waals surface area contributed by atoms with Gasteiger partial charge >= 0.3 is 5.97 Å². The largest absolute Gasteiger partial charge is 0.478 e. The minimum atomic E-state index is -1.02. The van der Waals surface area contributed by atoms with Gasteiger partial charge in [-0.05, 0) is 31.0 Å². The number of anilines is 2. The van der Waals surface area contributed by atoms with Crippen molar-refractivity contribution < 1.29 is 14.7 Å². The molecule has 0 aliphatic carbocycles. The van der Waals surface area contributed by atoms with Gasteiger partial charge in [0.15, 0.2) is 0 Å². The van der Waals surface area contributed by atoms with Crippen molar-refractivity contribution in [3.05, 3.63) is 23.8 Å². The predicted octanol–water partition coefficient (Wildman–Crippen LogP) is 1.07. The van der Waals surface area contributed by atoms with Gasteiger partial charge in [0.05, 0.1) is 5.56 Å². The number of nitrogen functional groups attached to an aromatic ring is 1. The third-order valence-corrected chi connectivity index (χ3v) is 3.53. The number of carbonyl (C=O) groups excluding carboxylic acids is 1. The number of carboxylic acids is 1. The van der Waals surface area contributed by atoms with E-state index in [0.717, 1.165) is 31.6 Å². The number of rotatable bonds is 3. The predicted molar refractivity (Wildman–Crippen MR) is 76.9 cm³/mol. The SMILES string of the molecule is CC(=O)NC1CCN(c2ccc(N)c(C(=O)O)c2)CC1. The molecule has 0 radical (unpaired) electrons. The van der Waals surface area contributed by atoms with Gasteiger partial charge < -0.3 is 21.1 Å². The second-order valence-electron chi connectivity index (χ2n) is 5.04. The maximum atomic E-state index is 11.1. The van der Waals surface area contributed by atoms with Gasteiger partial charge in [0.25, 0.3) is 0 Å². The zero-order chi connectivity index (χ0) is 14.7. The Morgan fingerprint density at radius 3 is 2.55 bits per heavy atom. The van der Waals surface area contributed by atoms with Gasteiger partial charge in [0.2, 0.25) is 5.91 Å². The highest BCUT2D eigenvalue weighted by molar-refractivity contribution is 5.94. The van der Waals surface area contributed by atoms with Crippen LogP contribution < -0.4 is 16.0 Å². The third-order valence-electron chi connectivity index (χ3n) is 3.53. The molecule has 2 rings (SSSR count). The van der Waals surface area contributed by atoms with Gasteiger partial charge in [0.1, 0.15) is 0 Å². The van der Waals surface area contributed by atoms with Crippen LogP contribution in [0.2, 0.25) is 0 Å². The molecule has 1 aromatic rings. The van der Waals surface area contributed by atoms with Crippen molar-refractivity contribution in [2.75, 3.05) is 23.7 Å². The summed E-state index contributed by atoms with van der Waals surface area (Å²) < 4.78 is 0. The molecule has 1 aliphatic rings. The van der Waals surface area contributed by atoms with Crippen LogP contribution in [0.25, 0.3) is 0 Å². The van der Waals surface area contributed by atoms with E-state index in [1.165, 1.54) is 6.92 Å². The van der Waals surface area contributed by atoms with E-state index in [9.17, 15) is 9.59 Å². The van der Waals surface area contributed by atoms with E-state index in [2.05, 4.69) is 10.2 Å². The second-order valence-corrected chi connectivity index (χ2v) is 5.04. The summed E-state index contributed by atoms with van der Waals surface area (Å²) in [5.74, 6) is -1.03. The standard InChI is InChI=1S/C14H19N3O3/c1-9(18)16-10-4-6-17(7-5-10)11-2-3-13(15)12(8-11)14(19)20/h2-3,8,10H,4-7,15H2,1H3,(H,16,18)(H,19,20). The summed E-state index contributed by atoms with van der Waals surface area (Å²) in [7, 11) is 0. The molecule has 20 heavy (non-hydrogen) atoms. The van der Waals surface area contributed by atoms with Crippen molar-refractivity contribution in [1.82, 2.24) is 5.32 Å². The highest BCUT2D eigenvalue weighted by Crippen LogP contribution is 2.24. The Labute approximate surface area is 117 Å². The van der Waals surface area contributed by atoms with Crippen LogP contribution >= 0.6 is 0 Å². The minimum Gasteiger partial charge on any atom is -0.478 e. The van der Waals surface area contributed by atoms with Crippen molar-refractivity contribution >= 4 is 23.3 Å². The van der Waals surface area contributed by atoms with Crippen LogP contribution in [-0.2, 0) is 4.79 Å². The van der Waals surface area contributed by atoms with E-state index in [1.807, 2.05) is 6.07 Å². The lowest BCUT2D eigenvalue weighted by Crippen LogP contribution is -2.44. The first kappa shape index (κ1) is 14.2. The maximum Gasteiger partial charge on any atom is 0.337 e. The van der Waals surface area contributed by atoms with Gasteiger partial charge in [-0.1, -0.05) is 0 Å². The third kappa shape index (κ3) is 3.20. The number of nitrogens with zero attached hydrogens (tertiary/aromatic N) is 1. The maximum absolute atomic E-state index is 11.1. The first-order chi connectivity index (χ1) is 9.47. The number of hydrogen-bond donors (Lipinski definition) is 3. The number of hydrogen-bond acceptors (Lipinski definition) is 4. The molecule has 108 valence electrons. The molecular weight excluding hydrogens is 258 g/mol. The molecule has 0 aromatic heterocycles. The van der Waals surface area contributed by atoms with E-state index in [0.29, 0.717) is 0 Å². The van der Waals surface area contributed by atoms with Crippen molar-refractivity contribution in [2.45, 2.75) is 25.8 Å². The first-order valence-electron chi connectivity index (χ1n) is 6.62. The van der Waals surface area contributed by atoms with E-state index < -0.39 is 5.97 Å². The molecule has 1 aromatic carbocycles. The van der Waals surface area contributed by atoms with Crippen molar-refractivity contribution in [2.24, 2.45) is 0 Å². The first-order valence-corrected chi connectivity index (χ1v) is 6.62. The summed E-state index contributed by atoms with van der Waals surface area (Å²) in [6.07, 6.45) is 1.71. The zero-order valence-corrected chi connectivity index (χ0v) is 11.4. The summed E-state index contributed by atoms with van der Waals surface area (Å²) in [5.41, 5.74) is 6.91. The lowest BCUT2D eigenvalue weighted by Gasteiger charge is -2.34. The van der Waals surface area contributed by atoms with Crippen LogP contribution in [0.15, 0.2) is 18.2 Å². The number of piperidine rings is 1. The highest BCUT2D eigenvalue weighted by Gasteiger charge is 2.21. The quantitative estimate of drug-likeness (QED) is 0.718. The van der Waals surface area contributed by atoms with Crippen LogP contribution in [-0.4, -0.2) is 36.1 Å². The Kier molecular flexibility index (Phi) is 4.12. The fraction of sp³-hybridized carbons (Fsp3) is 0.429. The van der Waals surface area contributed by atoms with Crippen LogP contribution in [0.3, 0.4) is 0 Å².